The van der Waals surface area contributed by atoms with E-state index in [0.717, 1.165) is 16.4 Å². The fourth-order valence-corrected chi connectivity index (χ4v) is 3.16. The molecule has 0 bridgehead atoms. The van der Waals surface area contributed by atoms with Gasteiger partial charge in [-0.05, 0) is 23.6 Å². The molecule has 0 spiro atoms. The van der Waals surface area contributed by atoms with E-state index in [1.54, 1.807) is 11.3 Å². The van der Waals surface area contributed by atoms with Gasteiger partial charge in [0.05, 0.1) is 11.1 Å². The number of ether oxygens (including phenoxy) is 2. The van der Waals surface area contributed by atoms with E-state index in [4.69, 9.17) is 26.8 Å². The van der Waals surface area contributed by atoms with E-state index in [2.05, 4.69) is 0 Å². The Morgan fingerprint density at radius 1 is 1.28 bits per heavy atom. The predicted octanol–water partition coefficient (Wildman–Crippen LogP) is 3.24. The molecule has 0 fully saturated rings. The number of hydrogen-bond donors (Lipinski definition) is 1. The molecule has 1 aliphatic heterocycles. The molecule has 0 amide bonds. The molecule has 1 aromatic carbocycles. The number of benzene rings is 1. The minimum Gasteiger partial charge on any atom is -0.486 e. The van der Waals surface area contributed by atoms with Crippen LogP contribution in [0.4, 0.5) is 0 Å². The lowest BCUT2D eigenvalue weighted by atomic mass is 10.1. The Balaban J connectivity index is 1.82. The number of fused-ring (bicyclic) bond motifs is 1. The molecule has 2 unspecified atom stereocenters. The molecular formula is C13H12ClNO2S. The molecule has 1 aromatic heterocycles. The molecule has 0 saturated heterocycles. The second-order valence-electron chi connectivity index (χ2n) is 4.07. The van der Waals surface area contributed by atoms with Crippen molar-refractivity contribution in [1.82, 2.24) is 0 Å². The number of para-hydroxylation sites is 2. The Morgan fingerprint density at radius 2 is 2.06 bits per heavy atom. The van der Waals surface area contributed by atoms with Crippen LogP contribution in [0.3, 0.4) is 0 Å². The summed E-state index contributed by atoms with van der Waals surface area (Å²) >= 11 is 7.63. The first-order valence-electron chi connectivity index (χ1n) is 5.62. The molecule has 0 saturated carbocycles. The van der Waals surface area contributed by atoms with E-state index in [-0.39, 0.29) is 12.1 Å². The van der Waals surface area contributed by atoms with E-state index in [0.29, 0.717) is 11.6 Å². The first kappa shape index (κ1) is 11.8. The van der Waals surface area contributed by atoms with Crippen molar-refractivity contribution >= 4 is 22.9 Å². The molecule has 2 atom stereocenters. The maximum absolute atomic E-state index is 6.19. The molecule has 3 rings (SSSR count). The summed E-state index contributed by atoms with van der Waals surface area (Å²) in [6, 6.07) is 9.16. The summed E-state index contributed by atoms with van der Waals surface area (Å²) in [5.41, 5.74) is 6.19. The quantitative estimate of drug-likeness (QED) is 0.919. The third-order valence-corrected chi connectivity index (χ3v) is 4.34. The lowest BCUT2D eigenvalue weighted by Gasteiger charge is -2.30. The Labute approximate surface area is 114 Å². The lowest BCUT2D eigenvalue weighted by molar-refractivity contribution is 0.0729. The van der Waals surface area contributed by atoms with Crippen LogP contribution in [0.5, 0.6) is 11.5 Å². The van der Waals surface area contributed by atoms with Crippen LogP contribution in [0, 0.1) is 0 Å². The van der Waals surface area contributed by atoms with Crippen LogP contribution >= 0.6 is 22.9 Å². The maximum Gasteiger partial charge on any atom is 0.161 e. The van der Waals surface area contributed by atoms with Crippen molar-refractivity contribution in [1.29, 1.82) is 0 Å². The first-order valence-corrected chi connectivity index (χ1v) is 6.88. The minimum absolute atomic E-state index is 0.212. The van der Waals surface area contributed by atoms with Gasteiger partial charge in [-0.25, -0.2) is 0 Å². The summed E-state index contributed by atoms with van der Waals surface area (Å²) in [6.07, 6.45) is -0.212. The van der Waals surface area contributed by atoms with Crippen LogP contribution < -0.4 is 15.2 Å². The van der Waals surface area contributed by atoms with Crippen molar-refractivity contribution in [3.05, 3.63) is 45.6 Å². The molecule has 3 nitrogen and oxygen atoms in total. The standard InChI is InChI=1S/C13H12ClNO2S/c14-8-5-6-18-13(8)12(15)11-7-16-9-3-1-2-4-10(9)17-11/h1-6,11-12H,7,15H2. The van der Waals surface area contributed by atoms with E-state index in [9.17, 15) is 0 Å². The molecule has 2 aromatic rings. The van der Waals surface area contributed by atoms with Gasteiger partial charge >= 0.3 is 0 Å². The molecule has 18 heavy (non-hydrogen) atoms. The van der Waals surface area contributed by atoms with Crippen molar-refractivity contribution in [2.75, 3.05) is 6.61 Å². The van der Waals surface area contributed by atoms with Gasteiger partial charge in [0.1, 0.15) is 6.61 Å². The predicted molar refractivity (Wildman–Crippen MR) is 72.6 cm³/mol. The maximum atomic E-state index is 6.19. The smallest absolute Gasteiger partial charge is 0.161 e. The van der Waals surface area contributed by atoms with Gasteiger partial charge in [0.2, 0.25) is 0 Å². The van der Waals surface area contributed by atoms with E-state index < -0.39 is 0 Å². The van der Waals surface area contributed by atoms with Crippen molar-refractivity contribution in [2.24, 2.45) is 5.73 Å². The summed E-state index contributed by atoms with van der Waals surface area (Å²) < 4.78 is 11.5. The van der Waals surface area contributed by atoms with Crippen molar-refractivity contribution in [3.63, 3.8) is 0 Å². The van der Waals surface area contributed by atoms with E-state index in [1.807, 2.05) is 35.7 Å². The fourth-order valence-electron chi connectivity index (χ4n) is 1.92. The van der Waals surface area contributed by atoms with E-state index >= 15 is 0 Å². The van der Waals surface area contributed by atoms with Crippen molar-refractivity contribution in [3.8, 4) is 11.5 Å². The zero-order valence-corrected chi connectivity index (χ0v) is 11.1. The highest BCUT2D eigenvalue weighted by Gasteiger charge is 2.29. The fraction of sp³-hybridized carbons (Fsp3) is 0.231. The summed E-state index contributed by atoms with van der Waals surface area (Å²) in [4.78, 5) is 0.935. The van der Waals surface area contributed by atoms with Crippen LogP contribution in [0.25, 0.3) is 0 Å². The Morgan fingerprint density at radius 3 is 2.78 bits per heavy atom. The average molecular weight is 282 g/mol. The lowest BCUT2D eigenvalue weighted by Crippen LogP contribution is -2.38. The van der Waals surface area contributed by atoms with Gasteiger partial charge in [0.15, 0.2) is 17.6 Å². The third-order valence-electron chi connectivity index (χ3n) is 2.88. The van der Waals surface area contributed by atoms with Crippen LogP contribution in [-0.2, 0) is 0 Å². The van der Waals surface area contributed by atoms with Crippen LogP contribution in [0.15, 0.2) is 35.7 Å². The summed E-state index contributed by atoms with van der Waals surface area (Å²) in [5.74, 6) is 1.50. The van der Waals surface area contributed by atoms with Gasteiger partial charge in [-0.2, -0.15) is 0 Å². The second kappa shape index (κ2) is 4.80. The number of nitrogens with two attached hydrogens (primary N) is 1. The molecule has 5 heteroatoms. The topological polar surface area (TPSA) is 44.5 Å². The van der Waals surface area contributed by atoms with Gasteiger partial charge in [-0.1, -0.05) is 23.7 Å². The van der Waals surface area contributed by atoms with Crippen molar-refractivity contribution < 1.29 is 9.47 Å². The van der Waals surface area contributed by atoms with Crippen LogP contribution in [0.1, 0.15) is 10.9 Å². The Kier molecular flexibility index (Phi) is 3.16. The summed E-state index contributed by atoms with van der Waals surface area (Å²) in [5, 5.41) is 2.62. The largest absolute Gasteiger partial charge is 0.486 e. The highest BCUT2D eigenvalue weighted by Crippen LogP contribution is 2.36. The van der Waals surface area contributed by atoms with Gasteiger partial charge in [0.25, 0.3) is 0 Å². The summed E-state index contributed by atoms with van der Waals surface area (Å²) in [7, 11) is 0. The molecule has 2 heterocycles. The molecule has 94 valence electrons. The number of halogens is 1. The highest BCUT2D eigenvalue weighted by atomic mass is 35.5. The Bertz CT molecular complexity index is 557. The minimum atomic E-state index is -0.272. The van der Waals surface area contributed by atoms with Gasteiger partial charge in [0, 0.05) is 4.88 Å². The second-order valence-corrected chi connectivity index (χ2v) is 5.43. The Hall–Kier alpha value is -1.23. The average Bonchev–Trinajstić information content (AvgIpc) is 2.83. The van der Waals surface area contributed by atoms with E-state index in [1.165, 1.54) is 0 Å². The van der Waals surface area contributed by atoms with Crippen LogP contribution in [-0.4, -0.2) is 12.7 Å². The monoisotopic (exact) mass is 281 g/mol. The van der Waals surface area contributed by atoms with Crippen LogP contribution in [0.2, 0.25) is 5.02 Å². The van der Waals surface area contributed by atoms with Gasteiger partial charge < -0.3 is 15.2 Å². The zero-order valence-electron chi connectivity index (χ0n) is 9.51. The number of thiophene rings is 1. The molecule has 0 radical (unpaired) electrons. The van der Waals surface area contributed by atoms with Gasteiger partial charge in [-0.3, -0.25) is 0 Å². The van der Waals surface area contributed by atoms with Gasteiger partial charge in [-0.15, -0.1) is 11.3 Å². The zero-order chi connectivity index (χ0) is 12.5. The normalized spacial score (nSPS) is 19.6. The number of rotatable bonds is 2. The van der Waals surface area contributed by atoms with Crippen molar-refractivity contribution in [2.45, 2.75) is 12.1 Å². The molecule has 0 aliphatic carbocycles. The first-order chi connectivity index (χ1) is 8.75. The molecular weight excluding hydrogens is 270 g/mol. The molecule has 2 N–H and O–H groups in total. The SMILES string of the molecule is NC(c1sccc1Cl)C1COc2ccccc2O1. The third kappa shape index (κ3) is 2.07. The summed E-state index contributed by atoms with van der Waals surface area (Å²) in [6.45, 7) is 0.437. The highest BCUT2D eigenvalue weighted by molar-refractivity contribution is 7.10. The number of hydrogen-bond acceptors (Lipinski definition) is 4. The molecule has 1 aliphatic rings.